The van der Waals surface area contributed by atoms with E-state index in [9.17, 15) is 9.59 Å². The van der Waals surface area contributed by atoms with E-state index in [1.165, 1.54) is 23.4 Å². The Balaban J connectivity index is 2.01. The van der Waals surface area contributed by atoms with Gasteiger partial charge in [0.05, 0.1) is 29.5 Å². The van der Waals surface area contributed by atoms with E-state index >= 15 is 0 Å². The van der Waals surface area contributed by atoms with Gasteiger partial charge in [0, 0.05) is 6.07 Å². The van der Waals surface area contributed by atoms with Crippen LogP contribution in [0.4, 0.5) is 0 Å². The lowest BCUT2D eigenvalue weighted by molar-refractivity contribution is -0.141. The van der Waals surface area contributed by atoms with Gasteiger partial charge in [0.1, 0.15) is 12.3 Å². The molecule has 0 amide bonds. The minimum atomic E-state index is -0.508. The van der Waals surface area contributed by atoms with Gasteiger partial charge in [0.2, 0.25) is 0 Å². The van der Waals surface area contributed by atoms with Crippen molar-refractivity contribution in [1.82, 2.24) is 14.7 Å². The second kappa shape index (κ2) is 6.88. The summed E-state index contributed by atoms with van der Waals surface area (Å²) in [5.74, 6) is 0.614. The lowest BCUT2D eigenvalue weighted by atomic mass is 10.2. The van der Waals surface area contributed by atoms with Crippen molar-refractivity contribution in [3.8, 4) is 0 Å². The molecular formula is C16H15N3O4S. The first-order chi connectivity index (χ1) is 11.6. The van der Waals surface area contributed by atoms with Gasteiger partial charge in [-0.05, 0) is 19.1 Å². The van der Waals surface area contributed by atoms with E-state index < -0.39 is 5.97 Å². The van der Waals surface area contributed by atoms with Crippen LogP contribution in [0.2, 0.25) is 0 Å². The highest BCUT2D eigenvalue weighted by Crippen LogP contribution is 2.22. The highest BCUT2D eigenvalue weighted by molar-refractivity contribution is 7.98. The molecule has 7 nitrogen and oxygen atoms in total. The topological polar surface area (TPSA) is 87.2 Å². The molecule has 1 aromatic carbocycles. The van der Waals surface area contributed by atoms with Gasteiger partial charge in [-0.3, -0.25) is 14.2 Å². The molecular weight excluding hydrogens is 330 g/mol. The number of esters is 1. The van der Waals surface area contributed by atoms with Gasteiger partial charge >= 0.3 is 5.97 Å². The second-order valence-electron chi connectivity index (χ2n) is 5.10. The summed E-state index contributed by atoms with van der Waals surface area (Å²) in [6.45, 7) is 1.64. The van der Waals surface area contributed by atoms with E-state index in [4.69, 9.17) is 4.52 Å². The molecule has 3 rings (SSSR count). The minimum absolute atomic E-state index is 0.190. The van der Waals surface area contributed by atoms with Crippen LogP contribution in [0.15, 0.2) is 44.8 Å². The lowest BCUT2D eigenvalue weighted by Crippen LogP contribution is -2.27. The van der Waals surface area contributed by atoms with E-state index in [1.807, 2.05) is 19.1 Å². The SMILES string of the molecule is COC(=O)Cn1c(SCc2cc(C)no2)nc2ccccc2c1=O. The van der Waals surface area contributed by atoms with Crippen molar-refractivity contribution >= 4 is 28.6 Å². The molecule has 0 aliphatic heterocycles. The highest BCUT2D eigenvalue weighted by atomic mass is 32.2. The number of methoxy groups -OCH3 is 1. The van der Waals surface area contributed by atoms with Crippen molar-refractivity contribution in [3.63, 3.8) is 0 Å². The van der Waals surface area contributed by atoms with Crippen LogP contribution in [0.25, 0.3) is 10.9 Å². The third-order valence-electron chi connectivity index (χ3n) is 3.36. The number of ether oxygens (including phenoxy) is 1. The van der Waals surface area contributed by atoms with Crippen molar-refractivity contribution in [1.29, 1.82) is 0 Å². The molecule has 0 aliphatic carbocycles. The number of carbonyl (C=O) groups is 1. The van der Waals surface area contributed by atoms with Gasteiger partial charge in [-0.15, -0.1) is 0 Å². The van der Waals surface area contributed by atoms with Gasteiger partial charge in [-0.2, -0.15) is 0 Å². The average Bonchev–Trinajstić information content (AvgIpc) is 3.01. The van der Waals surface area contributed by atoms with Crippen LogP contribution in [0, 0.1) is 6.92 Å². The Labute approximate surface area is 141 Å². The summed E-state index contributed by atoms with van der Waals surface area (Å²) in [4.78, 5) is 28.8. The molecule has 0 radical (unpaired) electrons. The molecule has 8 heteroatoms. The number of aromatic nitrogens is 3. The number of carbonyl (C=O) groups excluding carboxylic acids is 1. The maximum absolute atomic E-state index is 12.7. The van der Waals surface area contributed by atoms with Crippen molar-refractivity contribution in [3.05, 3.63) is 52.1 Å². The normalized spacial score (nSPS) is 10.9. The molecule has 0 saturated carbocycles. The molecule has 0 saturated heterocycles. The van der Waals surface area contributed by atoms with Crippen molar-refractivity contribution in [2.75, 3.05) is 7.11 Å². The molecule has 0 bridgehead atoms. The molecule has 124 valence electrons. The fourth-order valence-electron chi connectivity index (χ4n) is 2.21. The molecule has 3 aromatic rings. The number of hydrogen-bond donors (Lipinski definition) is 0. The minimum Gasteiger partial charge on any atom is -0.468 e. The van der Waals surface area contributed by atoms with E-state index in [0.717, 1.165) is 5.69 Å². The molecule has 0 N–H and O–H groups in total. The van der Waals surface area contributed by atoms with Crippen LogP contribution >= 0.6 is 11.8 Å². The van der Waals surface area contributed by atoms with Gasteiger partial charge in [-0.25, -0.2) is 4.98 Å². The molecule has 0 aliphatic rings. The van der Waals surface area contributed by atoms with Crippen LogP contribution in [0.1, 0.15) is 11.5 Å². The van der Waals surface area contributed by atoms with Crippen LogP contribution in [0.5, 0.6) is 0 Å². The van der Waals surface area contributed by atoms with Gasteiger partial charge in [0.25, 0.3) is 5.56 Å². The third-order valence-corrected chi connectivity index (χ3v) is 4.36. The Hall–Kier alpha value is -2.61. The first-order valence-corrected chi connectivity index (χ1v) is 8.18. The largest absolute Gasteiger partial charge is 0.468 e. The maximum atomic E-state index is 12.7. The van der Waals surface area contributed by atoms with Crippen molar-refractivity contribution in [2.24, 2.45) is 0 Å². The number of aryl methyl sites for hydroxylation is 1. The zero-order valence-corrected chi connectivity index (χ0v) is 14.0. The van der Waals surface area contributed by atoms with E-state index in [1.54, 1.807) is 18.2 Å². The molecule has 0 atom stereocenters. The number of thioether (sulfide) groups is 1. The summed E-state index contributed by atoms with van der Waals surface area (Å²) in [5, 5.41) is 4.72. The Morgan fingerprint density at radius 1 is 1.38 bits per heavy atom. The fourth-order valence-corrected chi connectivity index (χ4v) is 3.08. The predicted molar refractivity (Wildman–Crippen MR) is 88.8 cm³/mol. The van der Waals surface area contributed by atoms with E-state index in [-0.39, 0.29) is 12.1 Å². The molecule has 2 aromatic heterocycles. The third kappa shape index (κ3) is 3.33. The molecule has 0 fully saturated rings. The Kier molecular flexibility index (Phi) is 4.66. The fraction of sp³-hybridized carbons (Fsp3) is 0.250. The van der Waals surface area contributed by atoms with Crippen LogP contribution in [-0.2, 0) is 21.8 Å². The Bertz CT molecular complexity index is 948. The van der Waals surface area contributed by atoms with Crippen molar-refractivity contribution in [2.45, 2.75) is 24.4 Å². The predicted octanol–water partition coefficient (Wildman–Crippen LogP) is 2.16. The number of para-hydroxylation sites is 1. The summed E-state index contributed by atoms with van der Waals surface area (Å²) in [6, 6.07) is 8.84. The molecule has 0 unspecified atom stereocenters. The van der Waals surface area contributed by atoms with Crippen LogP contribution in [-0.4, -0.2) is 27.8 Å². The monoisotopic (exact) mass is 345 g/mol. The van der Waals surface area contributed by atoms with E-state index in [2.05, 4.69) is 14.9 Å². The number of hydrogen-bond acceptors (Lipinski definition) is 7. The number of fused-ring (bicyclic) bond motifs is 1. The average molecular weight is 345 g/mol. The summed E-state index contributed by atoms with van der Waals surface area (Å²) in [5.41, 5.74) is 1.09. The Morgan fingerprint density at radius 3 is 2.88 bits per heavy atom. The Morgan fingerprint density at radius 2 is 2.17 bits per heavy atom. The quantitative estimate of drug-likeness (QED) is 0.398. The highest BCUT2D eigenvalue weighted by Gasteiger charge is 2.15. The van der Waals surface area contributed by atoms with Crippen molar-refractivity contribution < 1.29 is 14.1 Å². The molecule has 2 heterocycles. The van der Waals surface area contributed by atoms with Gasteiger partial charge < -0.3 is 9.26 Å². The first-order valence-electron chi connectivity index (χ1n) is 7.20. The molecule has 0 spiro atoms. The van der Waals surface area contributed by atoms with Gasteiger partial charge in [-0.1, -0.05) is 29.1 Å². The summed E-state index contributed by atoms with van der Waals surface area (Å²) in [7, 11) is 1.28. The lowest BCUT2D eigenvalue weighted by Gasteiger charge is -2.11. The van der Waals surface area contributed by atoms with E-state index in [0.29, 0.717) is 27.6 Å². The van der Waals surface area contributed by atoms with Gasteiger partial charge in [0.15, 0.2) is 5.16 Å². The summed E-state index contributed by atoms with van der Waals surface area (Å²) >= 11 is 1.31. The smallest absolute Gasteiger partial charge is 0.325 e. The zero-order chi connectivity index (χ0) is 17.1. The zero-order valence-electron chi connectivity index (χ0n) is 13.2. The number of nitrogens with zero attached hydrogens (tertiary/aromatic N) is 3. The molecule has 24 heavy (non-hydrogen) atoms. The second-order valence-corrected chi connectivity index (χ2v) is 6.04. The number of benzene rings is 1. The standard InChI is InChI=1S/C16H15N3O4S/c1-10-7-11(23-18-10)9-24-16-17-13-6-4-3-5-12(13)15(21)19(16)8-14(20)22-2/h3-7H,8-9H2,1-2H3. The van der Waals surface area contributed by atoms with Crippen LogP contribution < -0.4 is 5.56 Å². The first kappa shape index (κ1) is 16.3. The maximum Gasteiger partial charge on any atom is 0.325 e. The van der Waals surface area contributed by atoms with Crippen LogP contribution in [0.3, 0.4) is 0 Å². The summed E-state index contributed by atoms with van der Waals surface area (Å²) < 4.78 is 11.2. The summed E-state index contributed by atoms with van der Waals surface area (Å²) in [6.07, 6.45) is 0. The number of rotatable bonds is 5.